The molecule has 2 aromatic heterocycles. The van der Waals surface area contributed by atoms with Crippen LogP contribution in [0.25, 0.3) is 22.2 Å². The molecule has 0 fully saturated rings. The topological polar surface area (TPSA) is 142 Å². The van der Waals surface area contributed by atoms with Crippen molar-refractivity contribution >= 4 is 22.7 Å². The summed E-state index contributed by atoms with van der Waals surface area (Å²) in [4.78, 5) is 29.7. The van der Waals surface area contributed by atoms with Crippen LogP contribution in [0.3, 0.4) is 0 Å². The van der Waals surface area contributed by atoms with Crippen LogP contribution in [-0.4, -0.2) is 58.1 Å². The van der Waals surface area contributed by atoms with E-state index in [0.29, 0.717) is 4.68 Å². The fraction of sp³-hybridized carbons (Fsp3) is 0.310. The molecule has 1 aliphatic heterocycles. The summed E-state index contributed by atoms with van der Waals surface area (Å²) in [5.74, 6) is -2.82. The van der Waals surface area contributed by atoms with Gasteiger partial charge in [0.25, 0.3) is 5.91 Å². The Morgan fingerprint density at radius 2 is 1.89 bits per heavy atom. The number of carbonyl (C=O) groups is 2. The monoisotopic (exact) mass is 637 g/mol. The number of halogens is 6. The molecule has 10 nitrogen and oxygen atoms in total. The summed E-state index contributed by atoms with van der Waals surface area (Å²) < 4.78 is 95.3. The summed E-state index contributed by atoms with van der Waals surface area (Å²) in [6.45, 7) is -3.21. The third kappa shape index (κ3) is 5.28. The highest BCUT2D eigenvalue weighted by Gasteiger charge is 2.58. The zero-order valence-corrected chi connectivity index (χ0v) is 23.6. The fourth-order valence-corrected chi connectivity index (χ4v) is 5.15. The molecule has 16 heteroatoms. The molecule has 0 saturated carbocycles. The van der Waals surface area contributed by atoms with Crippen LogP contribution in [0.4, 0.5) is 26.3 Å². The number of benzene rings is 2. The number of rotatable bonds is 9. The van der Waals surface area contributed by atoms with Crippen molar-refractivity contribution in [3.8, 4) is 22.8 Å². The number of fused-ring (bicyclic) bond motifs is 2. The van der Waals surface area contributed by atoms with Crippen LogP contribution in [-0.2, 0) is 15.8 Å². The standard InChI is InChI=1S/C29H25F6N5O5/c1-3-27(25(36)42)13-45-23-18(27)10-20(38-22(23)14-4-6-17(30)7-5-14)28(43,29(33,34)35)12-37-24(41)15-8-16-11-40(26(31)32)39-21(16)19(9-15)44-2/h4-11,26,43H,3,12-13H2,1-2H3,(H2,36,42)(H,37,41)/t27-,28?/m0/s1. The molecule has 3 heterocycles. The van der Waals surface area contributed by atoms with Gasteiger partial charge >= 0.3 is 12.7 Å². The van der Waals surface area contributed by atoms with E-state index in [0.717, 1.165) is 36.5 Å². The van der Waals surface area contributed by atoms with Crippen molar-refractivity contribution in [2.75, 3.05) is 20.3 Å². The molecule has 0 radical (unpaired) electrons. The molecular weight excluding hydrogens is 612 g/mol. The van der Waals surface area contributed by atoms with Crippen molar-refractivity contribution in [3.05, 3.63) is 71.3 Å². The second-order valence-corrected chi connectivity index (χ2v) is 10.4. The van der Waals surface area contributed by atoms with Crippen molar-refractivity contribution in [2.24, 2.45) is 5.73 Å². The smallest absolute Gasteiger partial charge is 0.424 e. The zero-order valence-electron chi connectivity index (χ0n) is 23.6. The van der Waals surface area contributed by atoms with Gasteiger partial charge in [0.1, 0.15) is 40.5 Å². The maximum Gasteiger partial charge on any atom is 0.424 e. The minimum atomic E-state index is -5.44. The van der Waals surface area contributed by atoms with E-state index >= 15 is 0 Å². The van der Waals surface area contributed by atoms with Gasteiger partial charge in [0.05, 0.1) is 19.3 Å². The number of hydrogen-bond donors (Lipinski definition) is 3. The van der Waals surface area contributed by atoms with Crippen LogP contribution >= 0.6 is 0 Å². The fourth-order valence-electron chi connectivity index (χ4n) is 5.15. The Hall–Kier alpha value is -4.86. The van der Waals surface area contributed by atoms with E-state index in [1.807, 2.05) is 5.32 Å². The van der Waals surface area contributed by atoms with E-state index in [2.05, 4.69) is 10.1 Å². The largest absolute Gasteiger partial charge is 0.494 e. The quantitative estimate of drug-likeness (QED) is 0.232. The first-order chi connectivity index (χ1) is 21.1. The molecule has 0 spiro atoms. The third-order valence-corrected chi connectivity index (χ3v) is 7.82. The number of aromatic nitrogens is 3. The summed E-state index contributed by atoms with van der Waals surface area (Å²) in [6.07, 6.45) is -4.49. The summed E-state index contributed by atoms with van der Waals surface area (Å²) in [6, 6.07) is 7.61. The highest BCUT2D eigenvalue weighted by molar-refractivity contribution is 6.00. The van der Waals surface area contributed by atoms with Crippen molar-refractivity contribution in [1.29, 1.82) is 0 Å². The van der Waals surface area contributed by atoms with Crippen molar-refractivity contribution < 1.29 is 50.5 Å². The van der Waals surface area contributed by atoms with Crippen LogP contribution in [0, 0.1) is 5.82 Å². The molecule has 2 amide bonds. The lowest BCUT2D eigenvalue weighted by molar-refractivity contribution is -0.265. The maximum absolute atomic E-state index is 14.7. The van der Waals surface area contributed by atoms with E-state index in [1.54, 1.807) is 6.92 Å². The van der Waals surface area contributed by atoms with Gasteiger partial charge in [0.2, 0.25) is 11.5 Å². The highest BCUT2D eigenvalue weighted by Crippen LogP contribution is 2.49. The average Bonchev–Trinajstić information content (AvgIpc) is 3.61. The van der Waals surface area contributed by atoms with Crippen LogP contribution < -0.4 is 20.5 Å². The van der Waals surface area contributed by atoms with Crippen LogP contribution in [0.15, 0.2) is 48.7 Å². The van der Waals surface area contributed by atoms with E-state index in [9.17, 15) is 41.0 Å². The molecule has 5 rings (SSSR count). The number of nitrogens with zero attached hydrogens (tertiary/aromatic N) is 3. The average molecular weight is 638 g/mol. The van der Waals surface area contributed by atoms with Crippen LogP contribution in [0.5, 0.6) is 11.5 Å². The van der Waals surface area contributed by atoms with Gasteiger partial charge in [-0.1, -0.05) is 6.92 Å². The lowest BCUT2D eigenvalue weighted by Gasteiger charge is -2.32. The van der Waals surface area contributed by atoms with Gasteiger partial charge in [0.15, 0.2) is 0 Å². The van der Waals surface area contributed by atoms with Crippen molar-refractivity contribution in [3.63, 3.8) is 0 Å². The molecule has 1 unspecified atom stereocenters. The molecule has 238 valence electrons. The summed E-state index contributed by atoms with van der Waals surface area (Å²) in [5.41, 5.74) is -1.21. The van der Waals surface area contributed by atoms with Gasteiger partial charge in [-0.2, -0.15) is 27.1 Å². The molecule has 4 aromatic rings. The van der Waals surface area contributed by atoms with Crippen molar-refractivity contribution in [2.45, 2.75) is 37.1 Å². The first-order valence-corrected chi connectivity index (χ1v) is 13.3. The molecule has 4 N–H and O–H groups in total. The van der Waals surface area contributed by atoms with Crippen molar-refractivity contribution in [1.82, 2.24) is 20.1 Å². The number of carbonyl (C=O) groups excluding carboxylic acids is 2. The van der Waals surface area contributed by atoms with Gasteiger partial charge in [-0.15, -0.1) is 0 Å². The predicted octanol–water partition coefficient (Wildman–Crippen LogP) is 4.35. The van der Waals surface area contributed by atoms with Crippen LogP contribution in [0.2, 0.25) is 0 Å². The number of primary amides is 1. The van der Waals surface area contributed by atoms with Gasteiger partial charge in [0, 0.05) is 28.3 Å². The number of aliphatic hydroxyl groups is 1. The van der Waals surface area contributed by atoms with E-state index < -0.39 is 53.6 Å². The summed E-state index contributed by atoms with van der Waals surface area (Å²) in [7, 11) is 1.19. The number of hydrogen-bond acceptors (Lipinski definition) is 7. The summed E-state index contributed by atoms with van der Waals surface area (Å²) in [5, 5.41) is 17.0. The Bertz CT molecular complexity index is 1800. The molecule has 45 heavy (non-hydrogen) atoms. The molecule has 0 saturated heterocycles. The first kappa shape index (κ1) is 31.6. The Kier molecular flexibility index (Phi) is 7.89. The van der Waals surface area contributed by atoms with Gasteiger partial charge in [-0.05, 0) is 48.9 Å². The molecule has 0 aliphatic carbocycles. The zero-order chi connectivity index (χ0) is 32.9. The van der Waals surface area contributed by atoms with E-state index in [1.165, 1.54) is 19.2 Å². The second-order valence-electron chi connectivity index (χ2n) is 10.4. The number of pyridine rings is 1. The number of nitrogens with one attached hydrogen (secondary N) is 1. The number of ether oxygens (including phenoxy) is 2. The normalized spacial score (nSPS) is 17.6. The third-order valence-electron chi connectivity index (χ3n) is 7.82. The first-order valence-electron chi connectivity index (χ1n) is 13.3. The van der Waals surface area contributed by atoms with Gasteiger partial charge in [-0.25, -0.2) is 14.1 Å². The Morgan fingerprint density at radius 3 is 2.47 bits per heavy atom. The number of alkyl halides is 5. The Balaban J connectivity index is 1.59. The lowest BCUT2D eigenvalue weighted by Crippen LogP contribution is -2.52. The number of nitrogens with two attached hydrogens (primary N) is 1. The van der Waals surface area contributed by atoms with E-state index in [4.69, 9.17) is 15.2 Å². The summed E-state index contributed by atoms with van der Waals surface area (Å²) >= 11 is 0. The Morgan fingerprint density at radius 1 is 1.20 bits per heavy atom. The predicted molar refractivity (Wildman–Crippen MR) is 146 cm³/mol. The molecule has 2 aromatic carbocycles. The van der Waals surface area contributed by atoms with Crippen LogP contribution in [0.1, 0.15) is 41.5 Å². The van der Waals surface area contributed by atoms with Gasteiger partial charge < -0.3 is 25.6 Å². The Labute approximate surface area is 250 Å². The SMILES string of the molecule is CC[C@]1(C(N)=O)COc2c1cc(C(O)(CNC(=O)c1cc(OC)c3nn(C(F)F)cc3c1)C(F)(F)F)nc2-c1ccc(F)cc1. The number of methoxy groups -OCH3 is 1. The number of amides is 2. The highest BCUT2D eigenvalue weighted by atomic mass is 19.4. The molecule has 0 bridgehead atoms. The molecule has 1 aliphatic rings. The van der Waals surface area contributed by atoms with E-state index in [-0.39, 0.29) is 57.8 Å². The second kappa shape index (κ2) is 11.3. The maximum atomic E-state index is 14.7. The minimum absolute atomic E-state index is 0.0205. The molecular formula is C29H25F6N5O5. The van der Waals surface area contributed by atoms with Gasteiger partial charge in [-0.3, -0.25) is 9.59 Å². The lowest BCUT2D eigenvalue weighted by atomic mass is 9.78. The molecule has 2 atom stereocenters. The minimum Gasteiger partial charge on any atom is -0.494 e.